The molecule has 1 aromatic carbocycles. The van der Waals surface area contributed by atoms with Gasteiger partial charge in [-0.1, -0.05) is 26.0 Å². The number of carbonyl (C=O) groups excluding carboxylic acids is 1. The average Bonchev–Trinajstić information content (AvgIpc) is 3.29. The number of para-hydroxylation sites is 1. The molecule has 5 rings (SSSR count). The summed E-state index contributed by atoms with van der Waals surface area (Å²) in [5, 5.41) is 9.41. The van der Waals surface area contributed by atoms with E-state index in [1.807, 2.05) is 25.7 Å². The van der Waals surface area contributed by atoms with Crippen molar-refractivity contribution in [2.45, 2.75) is 39.8 Å². The fraction of sp³-hybridized carbons (Fsp3) is 0.321. The number of carbonyl (C=O) groups is 1. The van der Waals surface area contributed by atoms with Crippen LogP contribution < -0.4 is 4.90 Å². The molecule has 1 saturated heterocycles. The minimum Gasteiger partial charge on any atom is -0.348 e. The highest BCUT2D eigenvalue weighted by atomic mass is 19.1. The molecule has 3 aromatic heterocycles. The quantitative estimate of drug-likeness (QED) is 0.410. The van der Waals surface area contributed by atoms with Gasteiger partial charge in [-0.2, -0.15) is 5.26 Å². The number of fused-ring (bicyclic) bond motifs is 1. The first-order valence-electron chi connectivity index (χ1n) is 12.3. The van der Waals surface area contributed by atoms with Crippen LogP contribution in [0.2, 0.25) is 0 Å². The Balaban J connectivity index is 1.70. The molecule has 1 aliphatic rings. The number of aromatic nitrogens is 4. The lowest BCUT2D eigenvalue weighted by Gasteiger charge is -2.45. The Morgan fingerprint density at radius 1 is 1.11 bits per heavy atom. The van der Waals surface area contributed by atoms with Crippen molar-refractivity contribution < 1.29 is 9.18 Å². The number of nitrogens with zero attached hydrogens (tertiary/aromatic N) is 7. The highest BCUT2D eigenvalue weighted by Crippen LogP contribution is 2.37. The fourth-order valence-electron chi connectivity index (χ4n) is 4.99. The van der Waals surface area contributed by atoms with Crippen LogP contribution in [0.4, 0.5) is 10.2 Å². The van der Waals surface area contributed by atoms with Gasteiger partial charge in [0.1, 0.15) is 23.2 Å². The summed E-state index contributed by atoms with van der Waals surface area (Å²) in [6.07, 6.45) is 4.89. The van der Waals surface area contributed by atoms with Crippen LogP contribution >= 0.6 is 0 Å². The Morgan fingerprint density at radius 2 is 1.89 bits per heavy atom. The van der Waals surface area contributed by atoms with Gasteiger partial charge in [0.05, 0.1) is 23.0 Å². The van der Waals surface area contributed by atoms with E-state index >= 15 is 4.39 Å². The normalized spacial score (nSPS) is 17.9. The van der Waals surface area contributed by atoms with Crippen molar-refractivity contribution in [3.63, 3.8) is 0 Å². The van der Waals surface area contributed by atoms with Crippen LogP contribution in [0.15, 0.2) is 55.1 Å². The van der Waals surface area contributed by atoms with Gasteiger partial charge in [0.15, 0.2) is 5.82 Å². The van der Waals surface area contributed by atoms with E-state index in [1.54, 1.807) is 47.3 Å². The van der Waals surface area contributed by atoms with Gasteiger partial charge < -0.3 is 14.4 Å². The summed E-state index contributed by atoms with van der Waals surface area (Å²) in [6, 6.07) is 12.0. The summed E-state index contributed by atoms with van der Waals surface area (Å²) in [4.78, 5) is 30.6. The molecule has 0 unspecified atom stereocenters. The largest absolute Gasteiger partial charge is 0.348 e. The van der Waals surface area contributed by atoms with E-state index in [2.05, 4.69) is 32.8 Å². The maximum atomic E-state index is 15.1. The van der Waals surface area contributed by atoms with Gasteiger partial charge in [-0.15, -0.1) is 0 Å². The lowest BCUT2D eigenvalue weighted by Crippen LogP contribution is -2.59. The van der Waals surface area contributed by atoms with Gasteiger partial charge in [-0.25, -0.2) is 14.4 Å². The monoisotopic (exact) mass is 497 g/mol. The van der Waals surface area contributed by atoms with E-state index < -0.39 is 0 Å². The van der Waals surface area contributed by atoms with Gasteiger partial charge >= 0.3 is 0 Å². The van der Waals surface area contributed by atoms with Crippen molar-refractivity contribution in [3.05, 3.63) is 66.5 Å². The standard InChI is InChI=1S/C28H28FN7O/c1-17(2)28(37)35-14-18(3)34(13-19(35)4)27-26-25(32-16-33-27)21(23-11-20(12-30)9-10-31-23)15-36(26)24-8-6-5-7-22(24)29/h5-11,15-19H,13-14H2,1-4H3/t18-,19+/m0/s1. The van der Waals surface area contributed by atoms with Crippen molar-refractivity contribution in [2.75, 3.05) is 18.0 Å². The van der Waals surface area contributed by atoms with E-state index in [1.165, 1.54) is 12.4 Å². The zero-order chi connectivity index (χ0) is 26.3. The van der Waals surface area contributed by atoms with E-state index in [4.69, 9.17) is 0 Å². The molecule has 2 atom stereocenters. The van der Waals surface area contributed by atoms with Gasteiger partial charge in [-0.3, -0.25) is 9.78 Å². The Hall–Kier alpha value is -4.32. The molecule has 0 radical (unpaired) electrons. The zero-order valence-corrected chi connectivity index (χ0v) is 21.3. The van der Waals surface area contributed by atoms with E-state index in [0.29, 0.717) is 52.4 Å². The number of anilines is 1. The molecule has 0 spiro atoms. The number of rotatable bonds is 4. The van der Waals surface area contributed by atoms with Crippen molar-refractivity contribution in [1.82, 2.24) is 24.4 Å². The number of hydrogen-bond acceptors (Lipinski definition) is 6. The number of halogens is 1. The Labute approximate surface area is 215 Å². The topological polar surface area (TPSA) is 90.9 Å². The van der Waals surface area contributed by atoms with Crippen LogP contribution in [0.1, 0.15) is 33.3 Å². The number of pyridine rings is 1. The first kappa shape index (κ1) is 24.4. The third-order valence-electron chi connectivity index (χ3n) is 6.87. The molecule has 4 aromatic rings. The maximum absolute atomic E-state index is 15.1. The van der Waals surface area contributed by atoms with Gasteiger partial charge in [0, 0.05) is 49.0 Å². The lowest BCUT2D eigenvalue weighted by molar-refractivity contribution is -0.137. The predicted octanol–water partition coefficient (Wildman–Crippen LogP) is 4.57. The molecule has 0 saturated carbocycles. The molecule has 37 heavy (non-hydrogen) atoms. The zero-order valence-electron chi connectivity index (χ0n) is 21.3. The summed E-state index contributed by atoms with van der Waals surface area (Å²) in [6.45, 7) is 9.07. The molecular weight excluding hydrogens is 469 g/mol. The van der Waals surface area contributed by atoms with E-state index in [0.717, 1.165) is 0 Å². The van der Waals surface area contributed by atoms with Crippen molar-refractivity contribution in [2.24, 2.45) is 5.92 Å². The first-order valence-corrected chi connectivity index (χ1v) is 12.3. The van der Waals surface area contributed by atoms with Crippen LogP contribution in [0, 0.1) is 23.1 Å². The molecule has 4 heterocycles. The van der Waals surface area contributed by atoms with Crippen LogP contribution in [0.3, 0.4) is 0 Å². The van der Waals surface area contributed by atoms with E-state index in [9.17, 15) is 10.1 Å². The van der Waals surface area contributed by atoms with Crippen molar-refractivity contribution in [1.29, 1.82) is 5.26 Å². The third kappa shape index (κ3) is 4.29. The second-order valence-electron chi connectivity index (χ2n) is 9.80. The first-order chi connectivity index (χ1) is 17.8. The highest BCUT2D eigenvalue weighted by molar-refractivity contribution is 5.99. The molecule has 1 aliphatic heterocycles. The Kier molecular flexibility index (Phi) is 6.34. The molecular formula is C28H28FN7O. The molecule has 0 bridgehead atoms. The summed E-state index contributed by atoms with van der Waals surface area (Å²) in [5.41, 5.74) is 3.33. The molecule has 1 fully saturated rings. The SMILES string of the molecule is CC(C)C(=O)N1C[C@H](C)N(c2ncnc3c(-c4cc(C#N)ccn4)cn(-c4ccccc4F)c23)C[C@H]1C. The molecule has 1 amide bonds. The second-order valence-corrected chi connectivity index (χ2v) is 9.80. The number of benzene rings is 1. The third-order valence-corrected chi connectivity index (χ3v) is 6.87. The molecule has 188 valence electrons. The Bertz CT molecular complexity index is 1520. The number of piperazine rings is 1. The number of nitriles is 1. The average molecular weight is 498 g/mol. The van der Waals surface area contributed by atoms with E-state index in [-0.39, 0.29) is 29.7 Å². The minimum atomic E-state index is -0.381. The van der Waals surface area contributed by atoms with Crippen LogP contribution in [-0.4, -0.2) is 55.5 Å². The number of amides is 1. The van der Waals surface area contributed by atoms with Crippen molar-refractivity contribution >= 4 is 22.8 Å². The molecule has 0 N–H and O–H groups in total. The summed E-state index contributed by atoms with van der Waals surface area (Å²) in [5.74, 6) is 0.331. The summed E-state index contributed by atoms with van der Waals surface area (Å²) in [7, 11) is 0. The summed E-state index contributed by atoms with van der Waals surface area (Å²) < 4.78 is 16.8. The minimum absolute atomic E-state index is 0.0236. The van der Waals surface area contributed by atoms with Gasteiger partial charge in [-0.05, 0) is 38.1 Å². The van der Waals surface area contributed by atoms with Crippen molar-refractivity contribution in [3.8, 4) is 23.0 Å². The van der Waals surface area contributed by atoms with Gasteiger partial charge in [0.25, 0.3) is 0 Å². The van der Waals surface area contributed by atoms with Crippen LogP contribution in [-0.2, 0) is 4.79 Å². The van der Waals surface area contributed by atoms with Crippen LogP contribution in [0.5, 0.6) is 0 Å². The summed E-state index contributed by atoms with van der Waals surface area (Å²) >= 11 is 0. The maximum Gasteiger partial charge on any atom is 0.225 e. The predicted molar refractivity (Wildman–Crippen MR) is 140 cm³/mol. The molecule has 9 heteroatoms. The fourth-order valence-corrected chi connectivity index (χ4v) is 4.99. The highest BCUT2D eigenvalue weighted by Gasteiger charge is 2.35. The molecule has 8 nitrogen and oxygen atoms in total. The van der Waals surface area contributed by atoms with Crippen LogP contribution in [0.25, 0.3) is 28.0 Å². The second kappa shape index (κ2) is 9.62. The van der Waals surface area contributed by atoms with Gasteiger partial charge in [0.2, 0.25) is 5.91 Å². The molecule has 0 aliphatic carbocycles. The Morgan fingerprint density at radius 3 is 2.62 bits per heavy atom. The lowest BCUT2D eigenvalue weighted by atomic mass is 10.0. The number of hydrogen-bond donors (Lipinski definition) is 0. The smallest absolute Gasteiger partial charge is 0.225 e.